The van der Waals surface area contributed by atoms with E-state index in [0.717, 1.165) is 12.1 Å². The van der Waals surface area contributed by atoms with Crippen molar-refractivity contribution >= 4 is 11.9 Å². The monoisotopic (exact) mass is 266 g/mol. The van der Waals surface area contributed by atoms with Gasteiger partial charge in [0.15, 0.2) is 0 Å². The van der Waals surface area contributed by atoms with E-state index in [1.54, 1.807) is 0 Å². The zero-order chi connectivity index (χ0) is 9.14. The summed E-state index contributed by atoms with van der Waals surface area (Å²) >= 11 is 0. The van der Waals surface area contributed by atoms with Gasteiger partial charge in [0.2, 0.25) is 0 Å². The minimum absolute atomic E-state index is 0. The van der Waals surface area contributed by atoms with Crippen molar-refractivity contribution in [1.82, 2.24) is 0 Å². The second-order valence-electron chi connectivity index (χ2n) is 2.12. The maximum absolute atomic E-state index is 10.3. The molecule has 0 bridgehead atoms. The molecule has 1 aromatic rings. The van der Waals surface area contributed by atoms with Crippen molar-refractivity contribution in [2.45, 2.75) is 0 Å². The van der Waals surface area contributed by atoms with Gasteiger partial charge >= 0.3 is 110 Å². The van der Waals surface area contributed by atoms with Crippen molar-refractivity contribution in [3.8, 4) is 0 Å². The molecule has 0 aliphatic heterocycles. The Labute approximate surface area is 179 Å². The summed E-state index contributed by atoms with van der Waals surface area (Å²) in [6.45, 7) is 0. The molecule has 0 aliphatic carbocycles. The van der Waals surface area contributed by atoms with Gasteiger partial charge in [-0.05, 0) is 0 Å². The fourth-order valence-corrected chi connectivity index (χ4v) is 0.839. The van der Waals surface area contributed by atoms with E-state index < -0.39 is 11.9 Å². The Morgan fingerprint density at radius 3 is 1.31 bits per heavy atom. The number of carboxylic acids is 2. The number of benzene rings is 1. The van der Waals surface area contributed by atoms with Crippen LogP contribution in [0.5, 0.6) is 0 Å². The summed E-state index contributed by atoms with van der Waals surface area (Å²) in [6, 6.07) is 5.14. The third-order valence-electron chi connectivity index (χ3n) is 1.37. The van der Waals surface area contributed by atoms with Crippen LogP contribution in [0.2, 0.25) is 0 Å². The fourth-order valence-electron chi connectivity index (χ4n) is 0.839. The molecule has 0 atom stereocenters. The van der Waals surface area contributed by atoms with Crippen molar-refractivity contribution in [2.24, 2.45) is 0 Å². The van der Waals surface area contributed by atoms with Gasteiger partial charge in [-0.15, -0.1) is 0 Å². The fraction of sp³-hybridized carbons (Fsp3) is 0. The van der Waals surface area contributed by atoms with Gasteiger partial charge in [-0.1, -0.05) is 24.3 Å². The Morgan fingerprint density at radius 1 is 0.875 bits per heavy atom. The molecule has 0 spiro atoms. The first-order valence-corrected chi connectivity index (χ1v) is 3.14. The number of carbonyl (C=O) groups is 2. The van der Waals surface area contributed by atoms with Crippen LogP contribution in [0.4, 0.5) is 0 Å². The molecule has 0 heterocycles. The summed E-state index contributed by atoms with van der Waals surface area (Å²) in [4.78, 5) is 20.6. The zero-order valence-corrected chi connectivity index (χ0v) is 16.5. The standard InChI is InChI=1S/C8H6O4.K.2Na.H2O/c9-7(10)5-3-1-2-4-6(5)8(11)12;;;;/h1-4H,(H,9,10)(H,11,12);;;;1H2/q;3*+1;/p-3. The first kappa shape index (κ1) is 26.3. The topological polar surface area (TPSA) is 110 Å². The predicted octanol–water partition coefficient (Wildman–Crippen LogP) is -10.8. The molecule has 8 heteroatoms. The van der Waals surface area contributed by atoms with Crippen LogP contribution < -0.4 is 121 Å². The Bertz CT molecular complexity index is 312. The number of hydrogen-bond acceptors (Lipinski definition) is 5. The van der Waals surface area contributed by atoms with Gasteiger partial charge in [-0.2, -0.15) is 0 Å². The van der Waals surface area contributed by atoms with Gasteiger partial charge in [-0.25, -0.2) is 0 Å². The third-order valence-corrected chi connectivity index (χ3v) is 1.37. The maximum atomic E-state index is 10.3. The van der Waals surface area contributed by atoms with E-state index >= 15 is 0 Å². The van der Waals surface area contributed by atoms with Crippen molar-refractivity contribution < 1.29 is 136 Å². The van der Waals surface area contributed by atoms with E-state index in [2.05, 4.69) is 0 Å². The van der Waals surface area contributed by atoms with Crippen molar-refractivity contribution in [3.05, 3.63) is 35.4 Å². The molecule has 1 rings (SSSR count). The molecule has 0 unspecified atom stereocenters. The largest absolute Gasteiger partial charge is 1.00 e. The summed E-state index contributed by atoms with van der Waals surface area (Å²) < 4.78 is 0. The predicted molar refractivity (Wildman–Crippen MR) is 37.0 cm³/mol. The van der Waals surface area contributed by atoms with Crippen LogP contribution in [0.1, 0.15) is 20.7 Å². The molecule has 1 N–H and O–H groups in total. The van der Waals surface area contributed by atoms with E-state index in [4.69, 9.17) is 0 Å². The Kier molecular flexibility index (Phi) is 21.7. The van der Waals surface area contributed by atoms with Crippen molar-refractivity contribution in [1.29, 1.82) is 0 Å². The van der Waals surface area contributed by atoms with E-state index in [0.29, 0.717) is 0 Å². The molecule has 0 saturated carbocycles. The van der Waals surface area contributed by atoms with Gasteiger partial charge in [0.05, 0.1) is 11.9 Å². The van der Waals surface area contributed by atoms with Gasteiger partial charge in [0, 0.05) is 11.1 Å². The SMILES string of the molecule is O=C([O-])c1ccccc1C(=O)[O-].[K+].[Na+].[Na+].[OH-]. The Morgan fingerprint density at radius 2 is 1.12 bits per heavy atom. The van der Waals surface area contributed by atoms with Gasteiger partial charge < -0.3 is 25.3 Å². The number of carboxylic acid groups (broad SMARTS) is 2. The van der Waals surface area contributed by atoms with E-state index in [1.165, 1.54) is 12.1 Å². The second kappa shape index (κ2) is 13.2. The summed E-state index contributed by atoms with van der Waals surface area (Å²) in [5.74, 6) is -3.04. The van der Waals surface area contributed by atoms with E-state index in [9.17, 15) is 19.8 Å². The molecule has 1 aromatic carbocycles. The summed E-state index contributed by atoms with van der Waals surface area (Å²) in [5, 5.41) is 20.6. The second-order valence-corrected chi connectivity index (χ2v) is 2.12. The normalized spacial score (nSPS) is 7.00. The molecule has 5 nitrogen and oxygen atoms in total. The van der Waals surface area contributed by atoms with E-state index in [-0.39, 0.29) is 127 Å². The molecule has 0 radical (unpaired) electrons. The molecule has 0 saturated heterocycles. The molecule has 70 valence electrons. The van der Waals surface area contributed by atoms with Crippen LogP contribution >= 0.6 is 0 Å². The molecule has 0 aromatic heterocycles. The van der Waals surface area contributed by atoms with Gasteiger partial charge in [-0.3, -0.25) is 0 Å². The average Bonchev–Trinajstić information content (AvgIpc) is 2.04. The Hall–Kier alpha value is 1.76. The molecule has 0 aliphatic rings. The average molecular weight is 266 g/mol. The van der Waals surface area contributed by atoms with E-state index in [1.807, 2.05) is 0 Å². The van der Waals surface area contributed by atoms with Gasteiger partial charge in [0.1, 0.15) is 0 Å². The van der Waals surface area contributed by atoms with Crippen molar-refractivity contribution in [2.75, 3.05) is 0 Å². The number of rotatable bonds is 2. The van der Waals surface area contributed by atoms with Crippen LogP contribution in [0.3, 0.4) is 0 Å². The van der Waals surface area contributed by atoms with Crippen LogP contribution in [0.25, 0.3) is 0 Å². The number of hydrogen-bond donors (Lipinski definition) is 0. The quantitative estimate of drug-likeness (QED) is 0.493. The maximum Gasteiger partial charge on any atom is 1.00 e. The third kappa shape index (κ3) is 7.96. The Balaban J connectivity index is -0.000000180. The first-order chi connectivity index (χ1) is 5.63. The van der Waals surface area contributed by atoms with Crippen LogP contribution in [0.15, 0.2) is 24.3 Å². The molecule has 0 fully saturated rings. The number of aromatic carboxylic acids is 2. The van der Waals surface area contributed by atoms with Crippen LogP contribution in [0, 0.1) is 0 Å². The minimum Gasteiger partial charge on any atom is -0.870 e. The molecule has 16 heavy (non-hydrogen) atoms. The number of carbonyl (C=O) groups excluding carboxylic acids is 2. The van der Waals surface area contributed by atoms with Gasteiger partial charge in [0.25, 0.3) is 0 Å². The molecular weight excluding hydrogens is 261 g/mol. The zero-order valence-electron chi connectivity index (χ0n) is 9.39. The molecule has 0 amide bonds. The van der Waals surface area contributed by atoms with Crippen LogP contribution in [-0.4, -0.2) is 17.4 Å². The molecular formula is C8H5KNa2O5. The smallest absolute Gasteiger partial charge is 0.870 e. The summed E-state index contributed by atoms with van der Waals surface area (Å²) in [5.41, 5.74) is -0.727. The summed E-state index contributed by atoms with van der Waals surface area (Å²) in [6.07, 6.45) is 0. The summed E-state index contributed by atoms with van der Waals surface area (Å²) in [7, 11) is 0. The van der Waals surface area contributed by atoms with Crippen LogP contribution in [-0.2, 0) is 0 Å². The first-order valence-electron chi connectivity index (χ1n) is 3.14. The minimum atomic E-state index is -1.52. The van der Waals surface area contributed by atoms with Crippen molar-refractivity contribution in [3.63, 3.8) is 0 Å².